The normalized spacial score (nSPS) is 11.6. The van der Waals surface area contributed by atoms with Crippen molar-refractivity contribution in [2.24, 2.45) is 5.73 Å². The van der Waals surface area contributed by atoms with E-state index in [1.165, 1.54) is 0 Å². The van der Waals surface area contributed by atoms with E-state index in [1.807, 2.05) is 30.3 Å². The van der Waals surface area contributed by atoms with Crippen LogP contribution < -0.4 is 11.1 Å². The van der Waals surface area contributed by atoms with Crippen molar-refractivity contribution < 1.29 is 9.53 Å². The van der Waals surface area contributed by atoms with Crippen LogP contribution in [0.1, 0.15) is 12.5 Å². The number of hydrogen-bond donors (Lipinski definition) is 2. The second kappa shape index (κ2) is 6.07. The molecule has 0 bridgehead atoms. The van der Waals surface area contributed by atoms with E-state index in [1.54, 1.807) is 6.92 Å². The number of nitrogens with two attached hydrogens (primary N) is 1. The van der Waals surface area contributed by atoms with E-state index in [2.05, 4.69) is 5.32 Å². The molecule has 1 atom stereocenters. The molecule has 3 N–H and O–H groups in total. The smallest absolute Gasteiger partial charge is 0.408 e. The Balaban J connectivity index is 2.33. The van der Waals surface area contributed by atoms with Gasteiger partial charge in [-0.2, -0.15) is 0 Å². The van der Waals surface area contributed by atoms with Gasteiger partial charge in [-0.3, -0.25) is 0 Å². The van der Waals surface area contributed by atoms with Gasteiger partial charge in [0.05, 0.1) is 11.0 Å². The van der Waals surface area contributed by atoms with Crippen molar-refractivity contribution in [3.8, 4) is 0 Å². The lowest BCUT2D eigenvalue weighted by Crippen LogP contribution is -2.41. The highest BCUT2D eigenvalue weighted by molar-refractivity contribution is 7.80. The average molecular weight is 238 g/mol. The van der Waals surface area contributed by atoms with Crippen LogP contribution in [0.2, 0.25) is 0 Å². The lowest BCUT2D eigenvalue weighted by atomic mass is 10.2. The highest BCUT2D eigenvalue weighted by atomic mass is 32.1. The van der Waals surface area contributed by atoms with E-state index in [9.17, 15) is 4.79 Å². The number of benzene rings is 1. The molecule has 86 valence electrons. The predicted molar refractivity (Wildman–Crippen MR) is 66.0 cm³/mol. The number of alkyl carbamates (subject to hydrolysis) is 1. The Morgan fingerprint density at radius 3 is 2.69 bits per heavy atom. The molecule has 0 radical (unpaired) electrons. The number of carbonyl (C=O) groups excluding carboxylic acids is 1. The van der Waals surface area contributed by atoms with Gasteiger partial charge in [0.25, 0.3) is 0 Å². The van der Waals surface area contributed by atoms with Crippen molar-refractivity contribution in [2.45, 2.75) is 19.6 Å². The van der Waals surface area contributed by atoms with Crippen LogP contribution in [0.25, 0.3) is 0 Å². The fourth-order valence-electron chi connectivity index (χ4n) is 1.01. The first-order valence-corrected chi connectivity index (χ1v) is 5.27. The van der Waals surface area contributed by atoms with Gasteiger partial charge in [0.2, 0.25) is 0 Å². The molecule has 0 fully saturated rings. The highest BCUT2D eigenvalue weighted by Gasteiger charge is 2.09. The summed E-state index contributed by atoms with van der Waals surface area (Å²) in [7, 11) is 0. The summed E-state index contributed by atoms with van der Waals surface area (Å²) in [5.41, 5.74) is 6.28. The minimum atomic E-state index is -0.524. The predicted octanol–water partition coefficient (Wildman–Crippen LogP) is 1.59. The van der Waals surface area contributed by atoms with E-state index in [4.69, 9.17) is 22.7 Å². The lowest BCUT2D eigenvalue weighted by Gasteiger charge is -2.12. The fraction of sp³-hybridized carbons (Fsp3) is 0.273. The third-order valence-electron chi connectivity index (χ3n) is 1.97. The van der Waals surface area contributed by atoms with Gasteiger partial charge in [-0.25, -0.2) is 4.79 Å². The molecule has 1 aromatic carbocycles. The second-order valence-corrected chi connectivity index (χ2v) is 3.80. The summed E-state index contributed by atoms with van der Waals surface area (Å²) in [6.45, 7) is 1.93. The van der Waals surface area contributed by atoms with E-state index in [0.29, 0.717) is 0 Å². The summed E-state index contributed by atoms with van der Waals surface area (Å²) in [6.07, 6.45) is -0.524. The number of hydrogen-bond acceptors (Lipinski definition) is 3. The molecule has 1 rings (SSSR count). The first-order valence-electron chi connectivity index (χ1n) is 4.86. The molecule has 4 nitrogen and oxygen atoms in total. The summed E-state index contributed by atoms with van der Waals surface area (Å²) in [6, 6.07) is 9.06. The Labute approximate surface area is 99.8 Å². The topological polar surface area (TPSA) is 64.3 Å². The fourth-order valence-corrected chi connectivity index (χ4v) is 1.07. The monoisotopic (exact) mass is 238 g/mol. The van der Waals surface area contributed by atoms with Gasteiger partial charge in [-0.15, -0.1) is 0 Å². The molecule has 0 spiro atoms. The van der Waals surface area contributed by atoms with E-state index in [0.717, 1.165) is 5.56 Å². The number of rotatable bonds is 4. The Morgan fingerprint density at radius 2 is 2.12 bits per heavy atom. The van der Waals surface area contributed by atoms with Gasteiger partial charge < -0.3 is 15.8 Å². The first-order chi connectivity index (χ1) is 7.59. The number of amides is 1. The number of ether oxygens (including phenoxy) is 1. The van der Waals surface area contributed by atoms with Crippen molar-refractivity contribution in [1.82, 2.24) is 5.32 Å². The first kappa shape index (κ1) is 12.4. The number of carbonyl (C=O) groups is 1. The molecule has 0 heterocycles. The van der Waals surface area contributed by atoms with Crippen LogP contribution >= 0.6 is 12.2 Å². The summed E-state index contributed by atoms with van der Waals surface area (Å²) in [4.78, 5) is 11.5. The average Bonchev–Trinajstić information content (AvgIpc) is 2.27. The van der Waals surface area contributed by atoms with Crippen LogP contribution in [0.4, 0.5) is 4.79 Å². The second-order valence-electron chi connectivity index (χ2n) is 3.33. The standard InChI is InChI=1S/C11H14N2O2S/c1-8(10(12)16)13-11(14)15-7-9-5-3-2-4-6-9/h2-6,8H,7H2,1H3,(H2,12,16)(H,13,14)/t8-/m1/s1. The van der Waals surface area contributed by atoms with Crippen molar-refractivity contribution in [3.05, 3.63) is 35.9 Å². The Morgan fingerprint density at radius 1 is 1.50 bits per heavy atom. The number of thiocarbonyl (C=S) groups is 1. The molecule has 0 aliphatic carbocycles. The molecule has 0 saturated heterocycles. The molecule has 1 aromatic rings. The van der Waals surface area contributed by atoms with Crippen molar-refractivity contribution >= 4 is 23.3 Å². The third-order valence-corrected chi connectivity index (χ3v) is 2.33. The zero-order valence-electron chi connectivity index (χ0n) is 8.97. The summed E-state index contributed by atoms with van der Waals surface area (Å²) in [5.74, 6) is 0. The highest BCUT2D eigenvalue weighted by Crippen LogP contribution is 2.00. The van der Waals surface area contributed by atoms with Crippen LogP contribution in [-0.4, -0.2) is 17.1 Å². The molecule has 0 aliphatic rings. The van der Waals surface area contributed by atoms with E-state index < -0.39 is 6.09 Å². The zero-order valence-corrected chi connectivity index (χ0v) is 9.79. The van der Waals surface area contributed by atoms with Gasteiger partial charge in [-0.1, -0.05) is 42.5 Å². The molecule has 5 heteroatoms. The summed E-state index contributed by atoms with van der Waals surface area (Å²) < 4.78 is 4.98. The van der Waals surface area contributed by atoms with Gasteiger partial charge in [0, 0.05) is 0 Å². The summed E-state index contributed by atoms with van der Waals surface area (Å²) >= 11 is 4.72. The van der Waals surface area contributed by atoms with Crippen molar-refractivity contribution in [3.63, 3.8) is 0 Å². The largest absolute Gasteiger partial charge is 0.445 e. The lowest BCUT2D eigenvalue weighted by molar-refractivity contribution is 0.138. The Kier molecular flexibility index (Phi) is 4.72. The molecule has 0 saturated carbocycles. The van der Waals surface area contributed by atoms with E-state index in [-0.39, 0.29) is 17.6 Å². The zero-order chi connectivity index (χ0) is 12.0. The van der Waals surface area contributed by atoms with Crippen LogP contribution in [0.15, 0.2) is 30.3 Å². The number of nitrogens with one attached hydrogen (secondary N) is 1. The minimum absolute atomic E-state index is 0.233. The van der Waals surface area contributed by atoms with Gasteiger partial charge in [-0.05, 0) is 12.5 Å². The van der Waals surface area contributed by atoms with Crippen molar-refractivity contribution in [1.29, 1.82) is 0 Å². The molecule has 0 unspecified atom stereocenters. The summed E-state index contributed by atoms with van der Waals surface area (Å²) in [5, 5.41) is 2.52. The third kappa shape index (κ3) is 4.27. The van der Waals surface area contributed by atoms with E-state index >= 15 is 0 Å². The maximum atomic E-state index is 11.3. The Hall–Kier alpha value is -1.62. The molecular weight excluding hydrogens is 224 g/mol. The van der Waals surface area contributed by atoms with Crippen LogP contribution in [0, 0.1) is 0 Å². The van der Waals surface area contributed by atoms with Crippen LogP contribution in [-0.2, 0) is 11.3 Å². The maximum absolute atomic E-state index is 11.3. The van der Waals surface area contributed by atoms with Gasteiger partial charge >= 0.3 is 6.09 Å². The molecule has 0 aromatic heterocycles. The van der Waals surface area contributed by atoms with Crippen LogP contribution in [0.5, 0.6) is 0 Å². The molecule has 16 heavy (non-hydrogen) atoms. The quantitative estimate of drug-likeness (QED) is 0.782. The molecule has 1 amide bonds. The SMILES string of the molecule is C[C@@H](NC(=O)OCc1ccccc1)C(N)=S. The van der Waals surface area contributed by atoms with Crippen LogP contribution in [0.3, 0.4) is 0 Å². The minimum Gasteiger partial charge on any atom is -0.445 e. The molecule has 0 aliphatic heterocycles. The van der Waals surface area contributed by atoms with Gasteiger partial charge in [0.1, 0.15) is 6.61 Å². The maximum Gasteiger partial charge on any atom is 0.408 e. The molecular formula is C11H14N2O2S. The van der Waals surface area contributed by atoms with Crippen molar-refractivity contribution in [2.75, 3.05) is 0 Å². The van der Waals surface area contributed by atoms with Gasteiger partial charge in [0.15, 0.2) is 0 Å². The Bertz CT molecular complexity index is 368.